The number of hydrazone groups is 1. The van der Waals surface area contributed by atoms with Crippen molar-refractivity contribution in [2.45, 2.75) is 12.2 Å². The fraction of sp³-hybridized carbons (Fsp3) is 0.286. The average molecular weight is 341 g/mol. The standard InChI is InChI=1S/C14H10F3N3O4/c1-24-13(23)10-8-9(18-19-10)12(22)20(11(8)21)7-5-3-2-4-6(7)14(15,16)17/h2-5,8-9,18H,1H3/t8-,9-/m1/s1. The highest BCUT2D eigenvalue weighted by atomic mass is 19.4. The summed E-state index contributed by atoms with van der Waals surface area (Å²) in [6.45, 7) is 0. The highest BCUT2D eigenvalue weighted by molar-refractivity contribution is 6.46. The number of amides is 2. The first-order valence-corrected chi connectivity index (χ1v) is 6.73. The number of alkyl halides is 3. The molecular weight excluding hydrogens is 331 g/mol. The Morgan fingerprint density at radius 1 is 1.25 bits per heavy atom. The third-order valence-electron chi connectivity index (χ3n) is 3.77. The van der Waals surface area contributed by atoms with Crippen LogP contribution < -0.4 is 10.3 Å². The van der Waals surface area contributed by atoms with Gasteiger partial charge in [0.2, 0.25) is 5.91 Å². The Hall–Kier alpha value is -2.91. The van der Waals surface area contributed by atoms with E-state index in [2.05, 4.69) is 15.3 Å². The number of benzene rings is 1. The molecule has 126 valence electrons. The van der Waals surface area contributed by atoms with E-state index in [1.807, 2.05) is 0 Å². The molecule has 0 radical (unpaired) electrons. The number of nitrogens with one attached hydrogen (secondary N) is 1. The first kappa shape index (κ1) is 16.0. The monoisotopic (exact) mass is 341 g/mol. The number of anilines is 1. The molecular formula is C14H10F3N3O4. The van der Waals surface area contributed by atoms with E-state index in [0.29, 0.717) is 4.90 Å². The SMILES string of the molecule is COC(=O)C1=NN[C@H]2C(=O)N(c3ccccc3C(F)(F)F)C(=O)[C@@H]12. The van der Waals surface area contributed by atoms with E-state index in [0.717, 1.165) is 25.3 Å². The number of fused-ring (bicyclic) bond motifs is 1. The van der Waals surface area contributed by atoms with Gasteiger partial charge in [-0.1, -0.05) is 12.1 Å². The van der Waals surface area contributed by atoms with Crippen molar-refractivity contribution in [1.82, 2.24) is 5.43 Å². The number of halogens is 3. The van der Waals surface area contributed by atoms with Gasteiger partial charge in [0.25, 0.3) is 5.91 Å². The van der Waals surface area contributed by atoms with Crippen LogP contribution in [0.25, 0.3) is 0 Å². The Bertz CT molecular complexity index is 775. The lowest BCUT2D eigenvalue weighted by Crippen LogP contribution is -2.37. The highest BCUT2D eigenvalue weighted by Gasteiger charge is 2.56. The van der Waals surface area contributed by atoms with Gasteiger partial charge in [0.15, 0.2) is 5.71 Å². The van der Waals surface area contributed by atoms with Crippen molar-refractivity contribution in [3.8, 4) is 0 Å². The molecule has 7 nitrogen and oxygen atoms in total. The zero-order chi connectivity index (χ0) is 17.6. The molecule has 1 fully saturated rings. The quantitative estimate of drug-likeness (QED) is 0.632. The minimum absolute atomic E-state index is 0.340. The van der Waals surface area contributed by atoms with E-state index in [1.54, 1.807) is 0 Å². The van der Waals surface area contributed by atoms with Gasteiger partial charge in [-0.05, 0) is 12.1 Å². The smallest absolute Gasteiger partial charge is 0.418 e. The summed E-state index contributed by atoms with van der Waals surface area (Å²) in [4.78, 5) is 37.0. The largest absolute Gasteiger partial charge is 0.464 e. The number of nitrogens with zero attached hydrogens (tertiary/aromatic N) is 2. The van der Waals surface area contributed by atoms with Crippen LogP contribution in [0.5, 0.6) is 0 Å². The molecule has 10 heteroatoms. The third-order valence-corrected chi connectivity index (χ3v) is 3.77. The zero-order valence-corrected chi connectivity index (χ0v) is 12.1. The van der Waals surface area contributed by atoms with Gasteiger partial charge < -0.3 is 4.74 Å². The van der Waals surface area contributed by atoms with Gasteiger partial charge in [0, 0.05) is 0 Å². The lowest BCUT2D eigenvalue weighted by Gasteiger charge is -2.20. The normalized spacial score (nSPS) is 23.0. The molecule has 3 rings (SSSR count). The van der Waals surface area contributed by atoms with Crippen LogP contribution in [0, 0.1) is 5.92 Å². The van der Waals surface area contributed by atoms with E-state index in [9.17, 15) is 27.6 Å². The topological polar surface area (TPSA) is 88.1 Å². The lowest BCUT2D eigenvalue weighted by atomic mass is 9.99. The molecule has 0 unspecified atom stereocenters. The zero-order valence-electron chi connectivity index (χ0n) is 12.1. The number of imide groups is 1. The van der Waals surface area contributed by atoms with E-state index in [-0.39, 0.29) is 5.71 Å². The van der Waals surface area contributed by atoms with Crippen LogP contribution in [0.2, 0.25) is 0 Å². The van der Waals surface area contributed by atoms with Crippen LogP contribution in [0.4, 0.5) is 18.9 Å². The number of carbonyl (C=O) groups is 3. The summed E-state index contributed by atoms with van der Waals surface area (Å²) in [6, 6.07) is 2.99. The van der Waals surface area contributed by atoms with Crippen LogP contribution in [0.15, 0.2) is 29.4 Å². The predicted octanol–water partition coefficient (Wildman–Crippen LogP) is 0.696. The summed E-state index contributed by atoms with van der Waals surface area (Å²) in [5.41, 5.74) is 0.271. The highest BCUT2D eigenvalue weighted by Crippen LogP contribution is 2.39. The van der Waals surface area contributed by atoms with Crippen LogP contribution in [0.1, 0.15) is 5.56 Å². The minimum Gasteiger partial charge on any atom is -0.464 e. The van der Waals surface area contributed by atoms with Gasteiger partial charge in [0.05, 0.1) is 18.4 Å². The number of rotatable bonds is 2. The van der Waals surface area contributed by atoms with E-state index < -0.39 is 47.2 Å². The van der Waals surface area contributed by atoms with Gasteiger partial charge in [-0.2, -0.15) is 18.3 Å². The number of hydrogen-bond acceptors (Lipinski definition) is 6. The molecule has 0 bridgehead atoms. The van der Waals surface area contributed by atoms with Gasteiger partial charge in [-0.25, -0.2) is 9.69 Å². The van der Waals surface area contributed by atoms with Crippen LogP contribution in [-0.4, -0.2) is 36.6 Å². The maximum atomic E-state index is 13.1. The summed E-state index contributed by atoms with van der Waals surface area (Å²) in [5.74, 6) is -4.12. The maximum absolute atomic E-state index is 13.1. The van der Waals surface area contributed by atoms with Gasteiger partial charge in [-0.15, -0.1) is 0 Å². The van der Waals surface area contributed by atoms with Crippen molar-refractivity contribution < 1.29 is 32.3 Å². The van der Waals surface area contributed by atoms with Crippen molar-refractivity contribution in [1.29, 1.82) is 0 Å². The first-order valence-electron chi connectivity index (χ1n) is 6.73. The molecule has 1 aromatic carbocycles. The van der Waals surface area contributed by atoms with Crippen LogP contribution >= 0.6 is 0 Å². The molecule has 2 amide bonds. The summed E-state index contributed by atoms with van der Waals surface area (Å²) in [5, 5.41) is 3.59. The molecule has 0 aromatic heterocycles. The van der Waals surface area contributed by atoms with Crippen molar-refractivity contribution in [3.63, 3.8) is 0 Å². The summed E-state index contributed by atoms with van der Waals surface area (Å²) < 4.78 is 43.9. The molecule has 2 aliphatic rings. The van der Waals surface area contributed by atoms with Crippen LogP contribution in [-0.2, 0) is 25.3 Å². The Morgan fingerprint density at radius 3 is 2.54 bits per heavy atom. The second-order valence-electron chi connectivity index (χ2n) is 5.10. The lowest BCUT2D eigenvalue weighted by molar-refractivity contribution is -0.137. The number of hydrogen-bond donors (Lipinski definition) is 1. The molecule has 2 aliphatic heterocycles. The van der Waals surface area contributed by atoms with E-state index in [4.69, 9.17) is 0 Å². The Morgan fingerprint density at radius 2 is 1.92 bits per heavy atom. The second-order valence-corrected chi connectivity index (χ2v) is 5.10. The molecule has 2 atom stereocenters. The molecule has 2 heterocycles. The van der Waals surface area contributed by atoms with Gasteiger partial charge in [0.1, 0.15) is 12.0 Å². The van der Waals surface area contributed by atoms with Crippen molar-refractivity contribution in [3.05, 3.63) is 29.8 Å². The number of ether oxygens (including phenoxy) is 1. The molecule has 1 saturated heterocycles. The number of carbonyl (C=O) groups excluding carboxylic acids is 3. The number of para-hydroxylation sites is 1. The Kier molecular flexibility index (Phi) is 3.54. The number of methoxy groups -OCH3 is 1. The van der Waals surface area contributed by atoms with Crippen molar-refractivity contribution in [2.24, 2.45) is 11.0 Å². The van der Waals surface area contributed by atoms with Crippen molar-refractivity contribution in [2.75, 3.05) is 12.0 Å². The van der Waals surface area contributed by atoms with Gasteiger partial charge in [-0.3, -0.25) is 15.0 Å². The molecule has 0 aliphatic carbocycles. The summed E-state index contributed by atoms with van der Waals surface area (Å²) in [7, 11) is 1.07. The van der Waals surface area contributed by atoms with E-state index >= 15 is 0 Å². The first-order chi connectivity index (χ1) is 11.3. The Labute approximate surface area is 133 Å². The van der Waals surface area contributed by atoms with E-state index in [1.165, 1.54) is 6.07 Å². The Balaban J connectivity index is 2.04. The van der Waals surface area contributed by atoms with Crippen LogP contribution in [0.3, 0.4) is 0 Å². The molecule has 24 heavy (non-hydrogen) atoms. The second kappa shape index (κ2) is 5.32. The van der Waals surface area contributed by atoms with Crippen molar-refractivity contribution >= 4 is 29.2 Å². The predicted molar refractivity (Wildman–Crippen MR) is 73.8 cm³/mol. The molecule has 0 spiro atoms. The van der Waals surface area contributed by atoms with Gasteiger partial charge >= 0.3 is 12.1 Å². The molecule has 1 aromatic rings. The molecule has 0 saturated carbocycles. The maximum Gasteiger partial charge on any atom is 0.418 e. The summed E-state index contributed by atoms with van der Waals surface area (Å²) >= 11 is 0. The number of esters is 1. The summed E-state index contributed by atoms with van der Waals surface area (Å²) in [6.07, 6.45) is -4.75. The molecule has 1 N–H and O–H groups in total. The fourth-order valence-corrected chi connectivity index (χ4v) is 2.71. The average Bonchev–Trinajstić information content (AvgIpc) is 3.07. The third kappa shape index (κ3) is 2.22. The minimum atomic E-state index is -4.75. The fourth-order valence-electron chi connectivity index (χ4n) is 2.71.